The number of rotatable bonds is 9. The van der Waals surface area contributed by atoms with Crippen LogP contribution in [0.25, 0.3) is 0 Å². The monoisotopic (exact) mass is 411 g/mol. The fourth-order valence-corrected chi connectivity index (χ4v) is 3.90. The molecule has 1 aliphatic rings. The second kappa shape index (κ2) is 10.3. The molecule has 0 spiro atoms. The van der Waals surface area contributed by atoms with Gasteiger partial charge in [0.05, 0.1) is 5.69 Å². The van der Waals surface area contributed by atoms with Gasteiger partial charge < -0.3 is 10.2 Å². The molecule has 0 bridgehead atoms. The number of hydrogen-bond donors (Lipinski definition) is 1. The minimum Gasteiger partial charge on any atom is -0.372 e. The third-order valence-corrected chi connectivity index (χ3v) is 5.45. The first-order chi connectivity index (χ1) is 14.5. The van der Waals surface area contributed by atoms with Crippen LogP contribution >= 0.6 is 0 Å². The number of nitrogens with one attached hydrogen (secondary N) is 1. The van der Waals surface area contributed by atoms with Crippen LogP contribution in [0.15, 0.2) is 30.3 Å². The molecule has 0 radical (unpaired) electrons. The molecule has 3 rings (SSSR count). The van der Waals surface area contributed by atoms with Crippen LogP contribution in [0.1, 0.15) is 43.9 Å². The van der Waals surface area contributed by atoms with Gasteiger partial charge in [0.25, 0.3) is 0 Å². The van der Waals surface area contributed by atoms with Crippen LogP contribution in [0.2, 0.25) is 0 Å². The molecule has 2 heterocycles. The van der Waals surface area contributed by atoms with Crippen molar-refractivity contribution in [3.8, 4) is 0 Å². The van der Waals surface area contributed by atoms with E-state index in [4.69, 9.17) is 0 Å². The third-order valence-electron chi connectivity index (χ3n) is 5.45. The van der Waals surface area contributed by atoms with Crippen molar-refractivity contribution < 1.29 is 9.59 Å². The summed E-state index contributed by atoms with van der Waals surface area (Å²) in [4.78, 5) is 28.9. The summed E-state index contributed by atoms with van der Waals surface area (Å²) in [5.74, 6) is 0.770. The number of anilines is 2. The van der Waals surface area contributed by atoms with Crippen LogP contribution in [0, 0.1) is 13.8 Å². The van der Waals surface area contributed by atoms with E-state index in [0.717, 1.165) is 44.0 Å². The van der Waals surface area contributed by atoms with Crippen molar-refractivity contribution in [3.63, 3.8) is 0 Å². The van der Waals surface area contributed by atoms with Crippen molar-refractivity contribution >= 4 is 23.3 Å². The minimum atomic E-state index is -0.0661. The molecule has 7 nitrogen and oxygen atoms in total. The molecule has 1 aromatic carbocycles. The third kappa shape index (κ3) is 5.62. The molecule has 0 saturated heterocycles. The number of benzene rings is 1. The quantitative estimate of drug-likeness (QED) is 0.644. The molecule has 2 aromatic rings. The van der Waals surface area contributed by atoms with Crippen molar-refractivity contribution in [2.24, 2.45) is 0 Å². The zero-order chi connectivity index (χ0) is 21.5. The zero-order valence-electron chi connectivity index (χ0n) is 18.4. The van der Waals surface area contributed by atoms with E-state index in [0.29, 0.717) is 13.1 Å². The van der Waals surface area contributed by atoms with E-state index in [1.165, 1.54) is 11.3 Å². The lowest BCUT2D eigenvalue weighted by Crippen LogP contribution is -2.38. The predicted octanol–water partition coefficient (Wildman–Crippen LogP) is 3.05. The summed E-state index contributed by atoms with van der Waals surface area (Å²) in [6, 6.07) is 10.4. The average molecular weight is 412 g/mol. The second-order valence-electron chi connectivity index (χ2n) is 7.89. The molecule has 30 heavy (non-hydrogen) atoms. The number of aryl methyl sites for hydroxylation is 3. The van der Waals surface area contributed by atoms with Crippen molar-refractivity contribution in [1.29, 1.82) is 0 Å². The molecule has 162 valence electrons. The summed E-state index contributed by atoms with van der Waals surface area (Å²) in [7, 11) is 0. The maximum atomic E-state index is 12.6. The standard InChI is InChI=1S/C23H33N5O2/c1-4-26(20-9-5-8-18(2)16-20)13-6-12-24-21(29)10-11-23(30)27-14-7-15-28-22(27)17-19(3)25-28/h5,8-9,16-17H,4,6-7,10-15H2,1-3H3,(H,24,29). The van der Waals surface area contributed by atoms with Crippen LogP contribution in [-0.4, -0.2) is 47.8 Å². The smallest absolute Gasteiger partial charge is 0.228 e. The molecule has 1 N–H and O–H groups in total. The number of aromatic nitrogens is 2. The van der Waals surface area contributed by atoms with Crippen LogP contribution in [0.5, 0.6) is 0 Å². The normalized spacial score (nSPS) is 13.1. The molecule has 0 fully saturated rings. The highest BCUT2D eigenvalue weighted by molar-refractivity contribution is 5.95. The summed E-state index contributed by atoms with van der Waals surface area (Å²) in [6.45, 7) is 10.1. The molecule has 1 aromatic heterocycles. The number of nitrogens with zero attached hydrogens (tertiary/aromatic N) is 4. The first-order valence-corrected chi connectivity index (χ1v) is 10.9. The lowest BCUT2D eigenvalue weighted by Gasteiger charge is -2.27. The van der Waals surface area contributed by atoms with E-state index in [1.807, 2.05) is 17.7 Å². The number of hydrogen-bond acceptors (Lipinski definition) is 4. The lowest BCUT2D eigenvalue weighted by molar-refractivity contribution is -0.125. The number of amides is 2. The molecule has 0 unspecified atom stereocenters. The first-order valence-electron chi connectivity index (χ1n) is 10.9. The fourth-order valence-electron chi connectivity index (χ4n) is 3.90. The summed E-state index contributed by atoms with van der Waals surface area (Å²) in [5.41, 5.74) is 3.37. The maximum absolute atomic E-state index is 12.6. The van der Waals surface area contributed by atoms with Gasteiger partial charge in [-0.05, 0) is 51.3 Å². The molecule has 1 aliphatic heterocycles. The SMILES string of the molecule is CCN(CCCNC(=O)CCC(=O)N1CCCn2nc(C)cc21)c1cccc(C)c1. The van der Waals surface area contributed by atoms with Gasteiger partial charge in [-0.2, -0.15) is 5.10 Å². The Morgan fingerprint density at radius 1 is 1.17 bits per heavy atom. The highest BCUT2D eigenvalue weighted by atomic mass is 16.2. The lowest BCUT2D eigenvalue weighted by atomic mass is 10.2. The van der Waals surface area contributed by atoms with Gasteiger partial charge in [0, 0.05) is 57.3 Å². The number of carbonyl (C=O) groups is 2. The Balaban J connectivity index is 1.38. The highest BCUT2D eigenvalue weighted by Gasteiger charge is 2.24. The summed E-state index contributed by atoms with van der Waals surface area (Å²) < 4.78 is 1.88. The molecule has 2 amide bonds. The van der Waals surface area contributed by atoms with Crippen molar-refractivity contribution in [2.75, 3.05) is 36.0 Å². The van der Waals surface area contributed by atoms with Crippen LogP contribution < -0.4 is 15.1 Å². The van der Waals surface area contributed by atoms with Crippen LogP contribution in [-0.2, 0) is 16.1 Å². The summed E-state index contributed by atoms with van der Waals surface area (Å²) in [5, 5.41) is 7.37. The Hall–Kier alpha value is -2.83. The van der Waals surface area contributed by atoms with Gasteiger partial charge in [0.15, 0.2) is 0 Å². The van der Waals surface area contributed by atoms with Crippen molar-refractivity contribution in [1.82, 2.24) is 15.1 Å². The van der Waals surface area contributed by atoms with Crippen LogP contribution in [0.3, 0.4) is 0 Å². The van der Waals surface area contributed by atoms with E-state index in [9.17, 15) is 9.59 Å². The Labute approximate surface area is 179 Å². The van der Waals surface area contributed by atoms with Gasteiger partial charge in [-0.15, -0.1) is 0 Å². The highest BCUT2D eigenvalue weighted by Crippen LogP contribution is 2.22. The molecular weight excluding hydrogens is 378 g/mol. The first kappa shape index (κ1) is 21.9. The van der Waals surface area contributed by atoms with E-state index in [-0.39, 0.29) is 24.7 Å². The van der Waals surface area contributed by atoms with Gasteiger partial charge in [-0.3, -0.25) is 14.5 Å². The number of carbonyl (C=O) groups excluding carboxylic acids is 2. The van der Waals surface area contributed by atoms with Gasteiger partial charge in [-0.1, -0.05) is 12.1 Å². The van der Waals surface area contributed by atoms with Gasteiger partial charge in [0.2, 0.25) is 11.8 Å². The molecule has 0 saturated carbocycles. The van der Waals surface area contributed by atoms with Gasteiger partial charge in [0.1, 0.15) is 5.82 Å². The van der Waals surface area contributed by atoms with E-state index < -0.39 is 0 Å². The van der Waals surface area contributed by atoms with Crippen molar-refractivity contribution in [3.05, 3.63) is 41.6 Å². The maximum Gasteiger partial charge on any atom is 0.228 e. The molecule has 0 atom stereocenters. The predicted molar refractivity (Wildman–Crippen MR) is 120 cm³/mol. The van der Waals surface area contributed by atoms with E-state index in [1.54, 1.807) is 4.90 Å². The van der Waals surface area contributed by atoms with E-state index in [2.05, 4.69) is 53.4 Å². The second-order valence-corrected chi connectivity index (χ2v) is 7.89. The molecule has 0 aliphatic carbocycles. The summed E-state index contributed by atoms with van der Waals surface area (Å²) in [6.07, 6.45) is 2.20. The van der Waals surface area contributed by atoms with Crippen molar-refractivity contribution in [2.45, 2.75) is 53.0 Å². The van der Waals surface area contributed by atoms with Gasteiger partial charge in [-0.25, -0.2) is 4.68 Å². The number of fused-ring (bicyclic) bond motifs is 1. The molecular formula is C23H33N5O2. The topological polar surface area (TPSA) is 70.5 Å². The Kier molecular flexibility index (Phi) is 7.49. The minimum absolute atomic E-state index is 0.0115. The fraction of sp³-hybridized carbons (Fsp3) is 0.522. The zero-order valence-corrected chi connectivity index (χ0v) is 18.4. The Morgan fingerprint density at radius 3 is 2.77 bits per heavy atom. The molecule has 7 heteroatoms. The Bertz CT molecular complexity index is 876. The average Bonchev–Trinajstić information content (AvgIpc) is 3.12. The van der Waals surface area contributed by atoms with Crippen LogP contribution in [0.4, 0.5) is 11.5 Å². The summed E-state index contributed by atoms with van der Waals surface area (Å²) >= 11 is 0. The van der Waals surface area contributed by atoms with Gasteiger partial charge >= 0.3 is 0 Å². The van der Waals surface area contributed by atoms with E-state index >= 15 is 0 Å². The largest absolute Gasteiger partial charge is 0.372 e. The Morgan fingerprint density at radius 2 is 2.00 bits per heavy atom.